The Morgan fingerprint density at radius 3 is 2.66 bits per heavy atom. The predicted octanol–water partition coefficient (Wildman–Crippen LogP) is 3.86. The Bertz CT molecular complexity index is 1170. The van der Waals surface area contributed by atoms with Crippen molar-refractivity contribution >= 4 is 28.7 Å². The molecule has 2 aromatic heterocycles. The number of carbonyl (C=O) groups is 1. The first-order valence-corrected chi connectivity index (χ1v) is 11.6. The van der Waals surface area contributed by atoms with Gasteiger partial charge in [-0.05, 0) is 25.5 Å². The number of hydrogen-bond acceptors (Lipinski definition) is 9. The van der Waals surface area contributed by atoms with Crippen molar-refractivity contribution in [2.45, 2.75) is 52.1 Å². The van der Waals surface area contributed by atoms with Crippen molar-refractivity contribution in [1.82, 2.24) is 20.3 Å². The molecule has 3 rings (SSSR count). The molecule has 10 heteroatoms. The molecule has 0 spiro atoms. The number of ether oxygens (including phenoxy) is 2. The van der Waals surface area contributed by atoms with Crippen LogP contribution in [0.1, 0.15) is 45.6 Å². The number of fused-ring (bicyclic) bond motifs is 1. The van der Waals surface area contributed by atoms with Crippen LogP contribution >= 0.6 is 0 Å². The molecule has 0 aliphatic heterocycles. The van der Waals surface area contributed by atoms with Gasteiger partial charge in [0.25, 0.3) is 0 Å². The van der Waals surface area contributed by atoms with Gasteiger partial charge in [-0.25, -0.2) is 9.97 Å². The van der Waals surface area contributed by atoms with E-state index in [0.29, 0.717) is 47.4 Å². The molecule has 1 unspecified atom stereocenters. The van der Waals surface area contributed by atoms with E-state index in [2.05, 4.69) is 32.8 Å². The Hall–Kier alpha value is -3.82. The number of carbonyl (C=O) groups excluding carboxylic acids is 1. The fourth-order valence-corrected chi connectivity index (χ4v) is 3.71. The van der Waals surface area contributed by atoms with Gasteiger partial charge in [0.2, 0.25) is 11.9 Å². The number of pyridine rings is 1. The van der Waals surface area contributed by atoms with Crippen molar-refractivity contribution in [3.8, 4) is 17.2 Å². The molecule has 0 saturated heterocycles. The van der Waals surface area contributed by atoms with Gasteiger partial charge in [-0.1, -0.05) is 19.8 Å². The Kier molecular flexibility index (Phi) is 8.51. The third kappa shape index (κ3) is 6.84. The van der Waals surface area contributed by atoms with Crippen molar-refractivity contribution in [3.05, 3.63) is 36.0 Å². The molecule has 1 amide bonds. The molecule has 3 aromatic rings. The van der Waals surface area contributed by atoms with Crippen LogP contribution in [-0.4, -0.2) is 52.3 Å². The number of aromatic nitrogens is 3. The zero-order chi connectivity index (χ0) is 25.4. The second-order valence-corrected chi connectivity index (χ2v) is 8.69. The summed E-state index contributed by atoms with van der Waals surface area (Å²) in [6, 6.07) is 7.13. The van der Waals surface area contributed by atoms with E-state index in [4.69, 9.17) is 14.5 Å². The molecule has 0 fully saturated rings. The van der Waals surface area contributed by atoms with E-state index in [1.54, 1.807) is 20.3 Å². The second-order valence-electron chi connectivity index (χ2n) is 8.69. The number of amides is 1. The second kappa shape index (κ2) is 11.5. The maximum Gasteiger partial charge on any atom is 0.225 e. The fraction of sp³-hybridized carbons (Fsp3) is 0.440. The number of anilines is 2. The number of aromatic hydroxyl groups is 1. The van der Waals surface area contributed by atoms with E-state index in [1.165, 1.54) is 13.1 Å². The summed E-state index contributed by atoms with van der Waals surface area (Å²) in [5.41, 5.74) is 1.46. The van der Waals surface area contributed by atoms with Crippen LogP contribution in [0.4, 0.5) is 11.8 Å². The van der Waals surface area contributed by atoms with Gasteiger partial charge >= 0.3 is 0 Å². The summed E-state index contributed by atoms with van der Waals surface area (Å²) >= 11 is 0. The van der Waals surface area contributed by atoms with Crippen molar-refractivity contribution in [1.29, 1.82) is 0 Å². The number of rotatable bonds is 12. The highest BCUT2D eigenvalue weighted by Crippen LogP contribution is 2.29. The molecule has 0 aliphatic carbocycles. The van der Waals surface area contributed by atoms with E-state index in [0.717, 1.165) is 24.8 Å². The number of unbranched alkanes of at least 4 members (excludes halogenated alkanes) is 1. The van der Waals surface area contributed by atoms with Crippen molar-refractivity contribution in [2.24, 2.45) is 0 Å². The standard InChI is InChI=1S/C25H34N6O4/c1-6-7-10-25(3,15-28-16(2)32)31-23-22-20(11-18(33)14-26-22)29-24(30-23)27-13-17-8-9-19(34-4)12-21(17)35-5/h8-9,11-12,14,33H,6-7,10,13,15H2,1-5H3,(H,28,32)(H2,27,29,30,31). The lowest BCUT2D eigenvalue weighted by Gasteiger charge is -2.32. The molecule has 1 aromatic carbocycles. The quantitative estimate of drug-likeness (QED) is 0.304. The zero-order valence-electron chi connectivity index (χ0n) is 20.9. The molecule has 35 heavy (non-hydrogen) atoms. The molecule has 188 valence electrons. The Morgan fingerprint density at radius 2 is 1.97 bits per heavy atom. The van der Waals surface area contributed by atoms with E-state index in [-0.39, 0.29) is 11.7 Å². The van der Waals surface area contributed by atoms with Gasteiger partial charge in [-0.2, -0.15) is 4.98 Å². The first-order chi connectivity index (χ1) is 16.8. The number of nitrogens with zero attached hydrogens (tertiary/aromatic N) is 3. The third-order valence-corrected chi connectivity index (χ3v) is 5.68. The first kappa shape index (κ1) is 25.8. The minimum atomic E-state index is -0.459. The van der Waals surface area contributed by atoms with Crippen LogP contribution in [0.3, 0.4) is 0 Å². The first-order valence-electron chi connectivity index (χ1n) is 11.6. The maximum atomic E-state index is 11.6. The number of nitrogens with one attached hydrogen (secondary N) is 3. The van der Waals surface area contributed by atoms with Crippen LogP contribution in [0.5, 0.6) is 17.2 Å². The molecule has 10 nitrogen and oxygen atoms in total. The summed E-state index contributed by atoms with van der Waals surface area (Å²) < 4.78 is 10.8. The van der Waals surface area contributed by atoms with Crippen molar-refractivity contribution in [3.63, 3.8) is 0 Å². The van der Waals surface area contributed by atoms with E-state index in [1.807, 2.05) is 25.1 Å². The monoisotopic (exact) mass is 482 g/mol. The lowest BCUT2D eigenvalue weighted by Crippen LogP contribution is -2.46. The Morgan fingerprint density at radius 1 is 1.17 bits per heavy atom. The van der Waals surface area contributed by atoms with Crippen LogP contribution < -0.4 is 25.4 Å². The highest BCUT2D eigenvalue weighted by molar-refractivity contribution is 5.87. The molecule has 0 radical (unpaired) electrons. The summed E-state index contributed by atoms with van der Waals surface area (Å²) in [6.45, 7) is 6.50. The van der Waals surface area contributed by atoms with Crippen molar-refractivity contribution < 1.29 is 19.4 Å². The lowest BCUT2D eigenvalue weighted by atomic mass is 9.94. The van der Waals surface area contributed by atoms with Gasteiger partial charge in [0.05, 0.1) is 26.0 Å². The highest BCUT2D eigenvalue weighted by Gasteiger charge is 2.26. The summed E-state index contributed by atoms with van der Waals surface area (Å²) in [5, 5.41) is 19.6. The van der Waals surface area contributed by atoms with E-state index < -0.39 is 5.54 Å². The maximum absolute atomic E-state index is 11.6. The van der Waals surface area contributed by atoms with Crippen LogP contribution in [0, 0.1) is 0 Å². The molecular formula is C25H34N6O4. The fourth-order valence-electron chi connectivity index (χ4n) is 3.71. The third-order valence-electron chi connectivity index (χ3n) is 5.68. The average molecular weight is 483 g/mol. The van der Waals surface area contributed by atoms with Gasteiger partial charge in [0.1, 0.15) is 28.3 Å². The molecule has 1 atom stereocenters. The molecular weight excluding hydrogens is 448 g/mol. The van der Waals surface area contributed by atoms with Crippen LogP contribution in [-0.2, 0) is 11.3 Å². The highest BCUT2D eigenvalue weighted by atomic mass is 16.5. The molecule has 0 aliphatic rings. The summed E-state index contributed by atoms with van der Waals surface area (Å²) in [4.78, 5) is 25.2. The predicted molar refractivity (Wildman–Crippen MR) is 136 cm³/mol. The van der Waals surface area contributed by atoms with E-state index in [9.17, 15) is 9.90 Å². The van der Waals surface area contributed by atoms with Crippen molar-refractivity contribution in [2.75, 3.05) is 31.4 Å². The largest absolute Gasteiger partial charge is 0.506 e. The smallest absolute Gasteiger partial charge is 0.225 e. The minimum Gasteiger partial charge on any atom is -0.506 e. The number of methoxy groups -OCH3 is 2. The van der Waals surface area contributed by atoms with Gasteiger partial charge < -0.3 is 30.5 Å². The van der Waals surface area contributed by atoms with Gasteiger partial charge in [0, 0.05) is 37.7 Å². The van der Waals surface area contributed by atoms with Crippen LogP contribution in [0.25, 0.3) is 11.0 Å². The summed E-state index contributed by atoms with van der Waals surface area (Å²) in [6.07, 6.45) is 4.18. The molecule has 0 saturated carbocycles. The number of hydrogen-bond donors (Lipinski definition) is 4. The molecule has 2 heterocycles. The summed E-state index contributed by atoms with van der Waals surface area (Å²) in [7, 11) is 3.21. The van der Waals surface area contributed by atoms with Gasteiger partial charge in [-0.15, -0.1) is 0 Å². The molecule has 0 bridgehead atoms. The Balaban J connectivity index is 1.94. The van der Waals surface area contributed by atoms with Crippen LogP contribution in [0.15, 0.2) is 30.5 Å². The molecule has 4 N–H and O–H groups in total. The summed E-state index contributed by atoms with van der Waals surface area (Å²) in [5.74, 6) is 2.17. The van der Waals surface area contributed by atoms with Gasteiger partial charge in [0.15, 0.2) is 5.82 Å². The Labute approximate surface area is 205 Å². The SMILES string of the molecule is CCCCC(C)(CNC(C)=O)Nc1nc(NCc2ccc(OC)cc2OC)nc2cc(O)cnc12. The topological polar surface area (TPSA) is 131 Å². The zero-order valence-corrected chi connectivity index (χ0v) is 20.9. The van der Waals surface area contributed by atoms with Crippen LogP contribution in [0.2, 0.25) is 0 Å². The lowest BCUT2D eigenvalue weighted by molar-refractivity contribution is -0.119. The number of benzene rings is 1. The normalized spacial score (nSPS) is 12.6. The minimum absolute atomic E-state index is 0.0110. The van der Waals surface area contributed by atoms with E-state index >= 15 is 0 Å². The van der Waals surface area contributed by atoms with Gasteiger partial charge in [-0.3, -0.25) is 4.79 Å². The average Bonchev–Trinajstić information content (AvgIpc) is 2.84.